The molecule has 2 heteroatoms. The maximum Gasteiger partial charge on any atom is 0.133 e. The lowest BCUT2D eigenvalue weighted by Crippen LogP contribution is -2.18. The minimum atomic E-state index is 0.444. The van der Waals surface area contributed by atoms with Crippen LogP contribution in [0.5, 0.6) is 0 Å². The van der Waals surface area contributed by atoms with Crippen LogP contribution in [0, 0.1) is 23.7 Å². The maximum absolute atomic E-state index is 11.4. The third-order valence-electron chi connectivity index (χ3n) is 4.27. The Morgan fingerprint density at radius 2 is 1.23 bits per heavy atom. The number of ketones is 2. The van der Waals surface area contributed by atoms with Crippen molar-refractivity contribution in [2.45, 2.75) is 32.1 Å². The molecule has 3 aliphatic carbocycles. The first-order valence-corrected chi connectivity index (χ1v) is 5.27. The monoisotopic (exact) mass is 178 g/mol. The zero-order valence-electron chi connectivity index (χ0n) is 7.66. The van der Waals surface area contributed by atoms with Crippen molar-refractivity contribution in [2.24, 2.45) is 23.7 Å². The van der Waals surface area contributed by atoms with Gasteiger partial charge in [-0.2, -0.15) is 0 Å². The quantitative estimate of drug-likeness (QED) is 0.564. The summed E-state index contributed by atoms with van der Waals surface area (Å²) in [5, 5.41) is 0. The second-order valence-corrected chi connectivity index (χ2v) is 4.98. The molecule has 0 heterocycles. The minimum Gasteiger partial charge on any atom is -0.300 e. The van der Waals surface area contributed by atoms with Crippen LogP contribution < -0.4 is 0 Å². The molecule has 0 radical (unpaired) electrons. The van der Waals surface area contributed by atoms with Gasteiger partial charge in [-0.05, 0) is 30.1 Å². The lowest BCUT2D eigenvalue weighted by atomic mass is 9.84. The van der Waals surface area contributed by atoms with Crippen LogP contribution in [-0.4, -0.2) is 11.6 Å². The lowest BCUT2D eigenvalue weighted by molar-refractivity contribution is -0.123. The molecule has 0 aromatic carbocycles. The largest absolute Gasteiger partial charge is 0.300 e. The van der Waals surface area contributed by atoms with E-state index < -0.39 is 0 Å². The molecule has 3 fully saturated rings. The van der Waals surface area contributed by atoms with Gasteiger partial charge in [-0.3, -0.25) is 9.59 Å². The molecule has 0 spiro atoms. The highest BCUT2D eigenvalue weighted by Crippen LogP contribution is 2.54. The van der Waals surface area contributed by atoms with Crippen molar-refractivity contribution >= 4 is 11.6 Å². The van der Waals surface area contributed by atoms with Crippen molar-refractivity contribution in [1.29, 1.82) is 0 Å². The van der Waals surface area contributed by atoms with Gasteiger partial charge < -0.3 is 0 Å². The number of rotatable bonds is 0. The van der Waals surface area contributed by atoms with Gasteiger partial charge in [0.25, 0.3) is 0 Å². The highest BCUT2D eigenvalue weighted by molar-refractivity contribution is 5.84. The zero-order valence-corrected chi connectivity index (χ0v) is 7.66. The zero-order chi connectivity index (χ0) is 9.00. The Kier molecular flexibility index (Phi) is 1.44. The van der Waals surface area contributed by atoms with Crippen LogP contribution in [0.3, 0.4) is 0 Å². The molecule has 4 unspecified atom stereocenters. The van der Waals surface area contributed by atoms with Gasteiger partial charge in [-0.15, -0.1) is 0 Å². The summed E-state index contributed by atoms with van der Waals surface area (Å²) < 4.78 is 0. The summed E-state index contributed by atoms with van der Waals surface area (Å²) in [5.41, 5.74) is 0. The van der Waals surface area contributed by atoms with Crippen molar-refractivity contribution in [3.05, 3.63) is 0 Å². The lowest BCUT2D eigenvalue weighted by Gasteiger charge is -2.19. The van der Waals surface area contributed by atoms with Gasteiger partial charge in [0, 0.05) is 25.7 Å². The van der Waals surface area contributed by atoms with Gasteiger partial charge >= 0.3 is 0 Å². The molecule has 3 aliphatic rings. The van der Waals surface area contributed by atoms with Crippen molar-refractivity contribution in [3.63, 3.8) is 0 Å². The molecule has 2 nitrogen and oxygen atoms in total. The number of hydrogen-bond donors (Lipinski definition) is 0. The van der Waals surface area contributed by atoms with Crippen LogP contribution in [0.15, 0.2) is 0 Å². The fraction of sp³-hybridized carbons (Fsp3) is 0.818. The van der Waals surface area contributed by atoms with Crippen LogP contribution in [0.4, 0.5) is 0 Å². The Morgan fingerprint density at radius 1 is 0.769 bits per heavy atom. The summed E-state index contributed by atoms with van der Waals surface area (Å²) in [4.78, 5) is 22.6. The summed E-state index contributed by atoms with van der Waals surface area (Å²) in [6.07, 6.45) is 4.32. The molecule has 0 amide bonds. The Balaban J connectivity index is 1.90. The van der Waals surface area contributed by atoms with Gasteiger partial charge in [-0.25, -0.2) is 0 Å². The predicted octanol–water partition coefficient (Wildman–Crippen LogP) is 1.58. The molecule has 4 atom stereocenters. The topological polar surface area (TPSA) is 34.1 Å². The van der Waals surface area contributed by atoms with E-state index in [1.165, 1.54) is 6.42 Å². The molecule has 0 aliphatic heterocycles. The summed E-state index contributed by atoms with van der Waals surface area (Å²) in [6.45, 7) is 0. The average molecular weight is 178 g/mol. The molecule has 3 rings (SSSR count). The minimum absolute atomic E-state index is 0.444. The van der Waals surface area contributed by atoms with Crippen LogP contribution in [0.2, 0.25) is 0 Å². The Labute approximate surface area is 77.7 Å². The molecular weight excluding hydrogens is 164 g/mol. The SMILES string of the molecule is O=C1CC2CC(C1)C1CC(=O)CC21. The van der Waals surface area contributed by atoms with Gasteiger partial charge in [0.1, 0.15) is 11.6 Å². The van der Waals surface area contributed by atoms with Crippen LogP contribution >= 0.6 is 0 Å². The van der Waals surface area contributed by atoms with Gasteiger partial charge in [0.2, 0.25) is 0 Å². The predicted molar refractivity (Wildman–Crippen MR) is 47.1 cm³/mol. The van der Waals surface area contributed by atoms with Gasteiger partial charge in [0.05, 0.1) is 0 Å². The summed E-state index contributed by atoms with van der Waals surface area (Å²) in [5.74, 6) is 3.21. The van der Waals surface area contributed by atoms with Crippen LogP contribution in [0.25, 0.3) is 0 Å². The van der Waals surface area contributed by atoms with E-state index in [0.29, 0.717) is 35.2 Å². The van der Waals surface area contributed by atoms with E-state index in [-0.39, 0.29) is 0 Å². The Morgan fingerprint density at radius 3 is 1.77 bits per heavy atom. The van der Waals surface area contributed by atoms with Crippen molar-refractivity contribution in [3.8, 4) is 0 Å². The first-order chi connectivity index (χ1) is 6.24. The smallest absolute Gasteiger partial charge is 0.133 e. The van der Waals surface area contributed by atoms with Gasteiger partial charge in [0.15, 0.2) is 0 Å². The average Bonchev–Trinajstić information content (AvgIpc) is 2.54. The number of hydrogen-bond acceptors (Lipinski definition) is 2. The van der Waals surface area contributed by atoms with E-state index in [4.69, 9.17) is 0 Å². The van der Waals surface area contributed by atoms with Crippen molar-refractivity contribution in [2.75, 3.05) is 0 Å². The summed E-state index contributed by atoms with van der Waals surface area (Å²) >= 11 is 0. The molecule has 13 heavy (non-hydrogen) atoms. The molecule has 0 aromatic rings. The van der Waals surface area contributed by atoms with Crippen molar-refractivity contribution < 1.29 is 9.59 Å². The first kappa shape index (κ1) is 7.72. The molecule has 0 N–H and O–H groups in total. The highest BCUT2D eigenvalue weighted by atomic mass is 16.1. The third kappa shape index (κ3) is 1.01. The molecule has 3 saturated carbocycles. The second-order valence-electron chi connectivity index (χ2n) is 4.98. The van der Waals surface area contributed by atoms with E-state index in [1.807, 2.05) is 0 Å². The summed E-state index contributed by atoms with van der Waals surface area (Å²) in [6, 6.07) is 0. The fourth-order valence-electron chi connectivity index (χ4n) is 3.82. The van der Waals surface area contributed by atoms with E-state index >= 15 is 0 Å². The van der Waals surface area contributed by atoms with E-state index in [1.54, 1.807) is 0 Å². The number of carbonyl (C=O) groups excluding carboxylic acids is 2. The number of carbonyl (C=O) groups is 2. The van der Waals surface area contributed by atoms with E-state index in [9.17, 15) is 9.59 Å². The van der Waals surface area contributed by atoms with Crippen LogP contribution in [0.1, 0.15) is 32.1 Å². The third-order valence-corrected chi connectivity index (χ3v) is 4.27. The highest BCUT2D eigenvalue weighted by Gasteiger charge is 2.51. The molecular formula is C11H14O2. The van der Waals surface area contributed by atoms with Gasteiger partial charge in [-0.1, -0.05) is 0 Å². The fourth-order valence-corrected chi connectivity index (χ4v) is 3.82. The standard InChI is InChI=1S/C11H14O2/c12-8-2-6-1-7(3-8)11-5-9(13)4-10(6)11/h6-7,10-11H,1-5H2. The molecule has 0 saturated heterocycles. The second kappa shape index (κ2) is 2.43. The normalized spacial score (nSPS) is 48.3. The van der Waals surface area contributed by atoms with E-state index in [0.717, 1.165) is 25.7 Å². The Hall–Kier alpha value is -0.660. The molecule has 70 valence electrons. The summed E-state index contributed by atoms with van der Waals surface area (Å²) in [7, 11) is 0. The number of Topliss-reactive ketones (excluding diaryl/α,β-unsaturated/α-hetero) is 2. The first-order valence-electron chi connectivity index (χ1n) is 5.27. The van der Waals surface area contributed by atoms with Crippen LogP contribution in [-0.2, 0) is 9.59 Å². The molecule has 2 bridgehead atoms. The Bertz CT molecular complexity index is 258. The number of fused-ring (bicyclic) bond motifs is 5. The van der Waals surface area contributed by atoms with E-state index in [2.05, 4.69) is 0 Å². The van der Waals surface area contributed by atoms with Crippen molar-refractivity contribution in [1.82, 2.24) is 0 Å². The molecule has 0 aromatic heterocycles. The maximum atomic E-state index is 11.4.